The number of carbonyl (C=O) groups excluding carboxylic acids is 2. The minimum Gasteiger partial charge on any atom is -0.459 e. The zero-order valence-corrected chi connectivity index (χ0v) is 22.7. The van der Waals surface area contributed by atoms with Crippen molar-refractivity contribution in [3.8, 4) is 0 Å². The fraction of sp³-hybridized carbons (Fsp3) is 0.310. The van der Waals surface area contributed by atoms with Crippen LogP contribution in [0.25, 0.3) is 0 Å². The van der Waals surface area contributed by atoms with E-state index in [4.69, 9.17) is 18.5 Å². The Bertz CT molecular complexity index is 1190. The van der Waals surface area contributed by atoms with Crippen molar-refractivity contribution < 1.29 is 32.7 Å². The van der Waals surface area contributed by atoms with Crippen LogP contribution in [0.4, 0.5) is 4.79 Å². The zero-order chi connectivity index (χ0) is 27.4. The molecular weight excluding hydrogens is 505 g/mol. The number of rotatable bonds is 13. The van der Waals surface area contributed by atoms with Crippen LogP contribution in [0.15, 0.2) is 91.0 Å². The molecule has 202 valence electrons. The van der Waals surface area contributed by atoms with E-state index in [2.05, 4.69) is 5.32 Å². The van der Waals surface area contributed by atoms with Crippen LogP contribution in [0.2, 0.25) is 0 Å². The highest BCUT2D eigenvalue weighted by molar-refractivity contribution is 7.54. The van der Waals surface area contributed by atoms with E-state index in [0.717, 1.165) is 16.7 Å². The third kappa shape index (κ3) is 8.84. The number of ether oxygens (including phenoxy) is 2. The lowest BCUT2D eigenvalue weighted by atomic mass is 10.1. The Kier molecular flexibility index (Phi) is 11.1. The van der Waals surface area contributed by atoms with Gasteiger partial charge in [0.1, 0.15) is 19.0 Å². The van der Waals surface area contributed by atoms with E-state index in [1.165, 1.54) is 7.11 Å². The van der Waals surface area contributed by atoms with Crippen molar-refractivity contribution in [2.24, 2.45) is 5.92 Å². The summed E-state index contributed by atoms with van der Waals surface area (Å²) in [5, 5.41) is 2.64. The normalized spacial score (nSPS) is 14.2. The summed E-state index contributed by atoms with van der Waals surface area (Å²) in [6.45, 7) is 3.58. The standard InChI is InChI=1S/C29H34NO7P/c1-22(2)27(28(31)35-20-24-15-9-5-10-16-24)37-38(33,34-3)26(19-23-13-7-4-8-14-23)30-29(32)36-21-25-17-11-6-12-18-25/h4-18,22,26-27H,19-21H2,1-3H3,(H,30,32)/t26-,27?,38?/m1/s1. The predicted octanol–water partition coefficient (Wildman–Crippen LogP) is 6.11. The molecule has 0 aliphatic carbocycles. The van der Waals surface area contributed by atoms with Gasteiger partial charge in [0.25, 0.3) is 0 Å². The van der Waals surface area contributed by atoms with Gasteiger partial charge in [0.05, 0.1) is 0 Å². The summed E-state index contributed by atoms with van der Waals surface area (Å²) < 4.78 is 36.1. The number of hydrogen-bond donors (Lipinski definition) is 1. The van der Waals surface area contributed by atoms with Gasteiger partial charge in [-0.05, 0) is 22.6 Å². The largest absolute Gasteiger partial charge is 0.459 e. The molecule has 0 saturated heterocycles. The highest BCUT2D eigenvalue weighted by Crippen LogP contribution is 2.54. The van der Waals surface area contributed by atoms with Crippen molar-refractivity contribution >= 4 is 19.7 Å². The number of amides is 1. The number of hydrogen-bond acceptors (Lipinski definition) is 7. The van der Waals surface area contributed by atoms with Crippen LogP contribution in [-0.2, 0) is 47.5 Å². The number of carbonyl (C=O) groups is 2. The van der Waals surface area contributed by atoms with E-state index in [0.29, 0.717) is 0 Å². The Morgan fingerprint density at radius 1 is 0.763 bits per heavy atom. The minimum absolute atomic E-state index is 0.0311. The molecule has 1 N–H and O–H groups in total. The first-order valence-electron chi connectivity index (χ1n) is 12.4. The Hall–Kier alpha value is -3.45. The molecule has 0 fully saturated rings. The van der Waals surface area contributed by atoms with Gasteiger partial charge in [-0.1, -0.05) is 105 Å². The Morgan fingerprint density at radius 2 is 1.24 bits per heavy atom. The summed E-state index contributed by atoms with van der Waals surface area (Å²) in [7, 11) is -2.87. The maximum atomic E-state index is 14.1. The Labute approximate surface area is 223 Å². The molecule has 0 spiro atoms. The third-order valence-electron chi connectivity index (χ3n) is 5.73. The summed E-state index contributed by atoms with van der Waals surface area (Å²) in [4.78, 5) is 25.7. The number of nitrogens with one attached hydrogen (secondary N) is 1. The maximum absolute atomic E-state index is 14.1. The smallest absolute Gasteiger partial charge is 0.408 e. The summed E-state index contributed by atoms with van der Waals surface area (Å²) in [6, 6.07) is 27.6. The maximum Gasteiger partial charge on any atom is 0.408 e. The molecule has 8 nitrogen and oxygen atoms in total. The summed E-state index contributed by atoms with van der Waals surface area (Å²) in [5.74, 6) is -2.18. The topological polar surface area (TPSA) is 100 Å². The summed E-state index contributed by atoms with van der Waals surface area (Å²) >= 11 is 0. The van der Waals surface area contributed by atoms with Crippen LogP contribution in [0.5, 0.6) is 0 Å². The van der Waals surface area contributed by atoms with Crippen molar-refractivity contribution in [3.05, 3.63) is 108 Å². The highest BCUT2D eigenvalue weighted by Gasteiger charge is 2.42. The van der Waals surface area contributed by atoms with E-state index < -0.39 is 31.5 Å². The predicted molar refractivity (Wildman–Crippen MR) is 144 cm³/mol. The molecular formula is C29H34NO7P. The molecule has 0 aliphatic heterocycles. The van der Waals surface area contributed by atoms with E-state index in [-0.39, 0.29) is 25.6 Å². The molecule has 0 saturated carbocycles. The molecule has 38 heavy (non-hydrogen) atoms. The first kappa shape index (κ1) is 29.1. The van der Waals surface area contributed by atoms with Gasteiger partial charge in [0.2, 0.25) is 0 Å². The molecule has 0 heterocycles. The van der Waals surface area contributed by atoms with E-state index in [1.807, 2.05) is 91.0 Å². The van der Waals surface area contributed by atoms with Crippen LogP contribution in [0.3, 0.4) is 0 Å². The number of esters is 1. The molecule has 3 aromatic carbocycles. The van der Waals surface area contributed by atoms with E-state index in [1.54, 1.807) is 13.8 Å². The molecule has 1 amide bonds. The van der Waals surface area contributed by atoms with Crippen molar-refractivity contribution in [1.29, 1.82) is 0 Å². The fourth-order valence-corrected chi connectivity index (χ4v) is 5.46. The first-order chi connectivity index (χ1) is 18.3. The Balaban J connectivity index is 1.76. The van der Waals surface area contributed by atoms with Crippen molar-refractivity contribution in [3.63, 3.8) is 0 Å². The van der Waals surface area contributed by atoms with Crippen LogP contribution in [0, 0.1) is 5.92 Å². The average Bonchev–Trinajstić information content (AvgIpc) is 2.94. The number of benzene rings is 3. The third-order valence-corrected chi connectivity index (χ3v) is 7.83. The average molecular weight is 540 g/mol. The molecule has 0 aliphatic rings. The quantitative estimate of drug-likeness (QED) is 0.207. The van der Waals surface area contributed by atoms with Gasteiger partial charge in [-0.2, -0.15) is 0 Å². The number of alkyl carbamates (subject to hydrolysis) is 1. The zero-order valence-electron chi connectivity index (χ0n) is 21.8. The van der Waals surface area contributed by atoms with Crippen LogP contribution in [0.1, 0.15) is 30.5 Å². The first-order valence-corrected chi connectivity index (χ1v) is 14.0. The van der Waals surface area contributed by atoms with Gasteiger partial charge >= 0.3 is 19.7 Å². The van der Waals surface area contributed by atoms with E-state index >= 15 is 0 Å². The molecule has 3 rings (SSSR count). The highest BCUT2D eigenvalue weighted by atomic mass is 31.2. The van der Waals surface area contributed by atoms with Crippen molar-refractivity contribution in [2.75, 3.05) is 7.11 Å². The second-order valence-electron chi connectivity index (χ2n) is 9.00. The molecule has 0 radical (unpaired) electrons. The van der Waals surface area contributed by atoms with Gasteiger partial charge in [-0.3, -0.25) is 9.09 Å². The summed E-state index contributed by atoms with van der Waals surface area (Å²) in [5.41, 5.74) is 2.40. The van der Waals surface area contributed by atoms with Crippen LogP contribution >= 0.6 is 7.60 Å². The van der Waals surface area contributed by atoms with Crippen molar-refractivity contribution in [2.45, 2.75) is 45.4 Å². The summed E-state index contributed by atoms with van der Waals surface area (Å²) in [6.07, 6.45) is -1.86. The minimum atomic E-state index is -4.10. The SMILES string of the molecule is COP(=O)(OC(C(=O)OCc1ccccc1)C(C)C)[C@H](Cc1ccccc1)NC(=O)OCc1ccccc1. The lowest BCUT2D eigenvalue weighted by Crippen LogP contribution is -2.40. The molecule has 0 bridgehead atoms. The molecule has 3 atom stereocenters. The van der Waals surface area contributed by atoms with Crippen LogP contribution in [-0.4, -0.2) is 31.1 Å². The van der Waals surface area contributed by atoms with E-state index in [9.17, 15) is 14.2 Å². The molecule has 9 heteroatoms. The Morgan fingerprint density at radius 3 is 1.71 bits per heavy atom. The second-order valence-corrected chi connectivity index (χ2v) is 11.3. The van der Waals surface area contributed by atoms with Gasteiger partial charge in [-0.15, -0.1) is 0 Å². The van der Waals surface area contributed by atoms with Crippen molar-refractivity contribution in [1.82, 2.24) is 5.32 Å². The molecule has 2 unspecified atom stereocenters. The monoisotopic (exact) mass is 539 g/mol. The van der Waals surface area contributed by atoms with Gasteiger partial charge < -0.3 is 19.3 Å². The lowest BCUT2D eigenvalue weighted by molar-refractivity contribution is -0.156. The second kappa shape index (κ2) is 14.5. The molecule has 0 aromatic heterocycles. The van der Waals surface area contributed by atoms with Crippen LogP contribution < -0.4 is 5.32 Å². The fourth-order valence-electron chi connectivity index (χ4n) is 3.63. The van der Waals surface area contributed by atoms with Gasteiger partial charge in [0, 0.05) is 13.5 Å². The van der Waals surface area contributed by atoms with Gasteiger partial charge in [0.15, 0.2) is 6.10 Å². The molecule has 3 aromatic rings. The lowest BCUT2D eigenvalue weighted by Gasteiger charge is -2.30. The van der Waals surface area contributed by atoms with Gasteiger partial charge in [-0.25, -0.2) is 9.59 Å².